The molecule has 0 heterocycles. The van der Waals surface area contributed by atoms with E-state index >= 15 is 0 Å². The molecule has 0 bridgehead atoms. The van der Waals surface area contributed by atoms with E-state index in [1.165, 1.54) is 0 Å². The maximum Gasteiger partial charge on any atom is 0.338 e. The van der Waals surface area contributed by atoms with Gasteiger partial charge in [-0.2, -0.15) is 0 Å². The highest BCUT2D eigenvalue weighted by Crippen LogP contribution is 2.00. The van der Waals surface area contributed by atoms with Crippen molar-refractivity contribution in [2.24, 2.45) is 0 Å². The van der Waals surface area contributed by atoms with Crippen LogP contribution in [0.1, 0.15) is 16.8 Å². The standard InChI is InChI=1S/C10H12NO2/c11-7-4-8-13-10(12)9-5-2-1-3-6-9/h1-3,5-6,11H,4,7-8H2. The SMILES string of the molecule is [NH]CCCOC(=O)c1ccccc1. The molecule has 0 aliphatic rings. The smallest absolute Gasteiger partial charge is 0.338 e. The summed E-state index contributed by atoms with van der Waals surface area (Å²) in [5.41, 5.74) is 7.42. The van der Waals surface area contributed by atoms with Crippen molar-refractivity contribution in [2.75, 3.05) is 13.2 Å². The van der Waals surface area contributed by atoms with Crippen molar-refractivity contribution in [3.05, 3.63) is 35.9 Å². The molecular weight excluding hydrogens is 166 g/mol. The number of ether oxygens (including phenoxy) is 1. The zero-order valence-corrected chi connectivity index (χ0v) is 7.32. The molecule has 69 valence electrons. The lowest BCUT2D eigenvalue weighted by molar-refractivity contribution is 0.0502. The zero-order chi connectivity index (χ0) is 9.52. The molecule has 13 heavy (non-hydrogen) atoms. The molecule has 0 amide bonds. The van der Waals surface area contributed by atoms with Gasteiger partial charge in [-0.05, 0) is 18.6 Å². The van der Waals surface area contributed by atoms with Crippen LogP contribution in [0.2, 0.25) is 0 Å². The first-order valence-electron chi connectivity index (χ1n) is 4.21. The number of rotatable bonds is 4. The number of carbonyl (C=O) groups is 1. The van der Waals surface area contributed by atoms with Gasteiger partial charge >= 0.3 is 5.97 Å². The van der Waals surface area contributed by atoms with Gasteiger partial charge in [-0.25, -0.2) is 4.79 Å². The second-order valence-electron chi connectivity index (χ2n) is 2.61. The van der Waals surface area contributed by atoms with E-state index in [4.69, 9.17) is 10.5 Å². The van der Waals surface area contributed by atoms with Gasteiger partial charge in [0.1, 0.15) is 0 Å². The lowest BCUT2D eigenvalue weighted by atomic mass is 10.2. The number of hydrogen-bond acceptors (Lipinski definition) is 2. The van der Waals surface area contributed by atoms with Crippen molar-refractivity contribution in [2.45, 2.75) is 6.42 Å². The van der Waals surface area contributed by atoms with Crippen molar-refractivity contribution in [3.63, 3.8) is 0 Å². The summed E-state index contributed by atoms with van der Waals surface area (Å²) in [6.07, 6.45) is 0.596. The monoisotopic (exact) mass is 178 g/mol. The van der Waals surface area contributed by atoms with Crippen molar-refractivity contribution in [1.29, 1.82) is 0 Å². The highest BCUT2D eigenvalue weighted by atomic mass is 16.5. The minimum Gasteiger partial charge on any atom is -0.462 e. The van der Waals surface area contributed by atoms with Crippen molar-refractivity contribution in [1.82, 2.24) is 5.73 Å². The van der Waals surface area contributed by atoms with Gasteiger partial charge in [-0.3, -0.25) is 5.73 Å². The van der Waals surface area contributed by atoms with Gasteiger partial charge in [0.05, 0.1) is 12.2 Å². The summed E-state index contributed by atoms with van der Waals surface area (Å²) in [6, 6.07) is 8.86. The van der Waals surface area contributed by atoms with Gasteiger partial charge in [0.15, 0.2) is 0 Å². The molecule has 0 aliphatic carbocycles. The molecule has 1 aromatic rings. The molecule has 0 atom stereocenters. The molecular formula is C10H12NO2. The predicted octanol–water partition coefficient (Wildman–Crippen LogP) is 1.52. The minimum absolute atomic E-state index is 0.294. The van der Waals surface area contributed by atoms with Crippen LogP contribution in [0.4, 0.5) is 0 Å². The van der Waals surface area contributed by atoms with Gasteiger partial charge in [0, 0.05) is 6.54 Å². The first-order chi connectivity index (χ1) is 6.34. The van der Waals surface area contributed by atoms with E-state index < -0.39 is 0 Å². The van der Waals surface area contributed by atoms with E-state index in [1.807, 2.05) is 6.07 Å². The fraction of sp³-hybridized carbons (Fsp3) is 0.300. The van der Waals surface area contributed by atoms with Crippen LogP contribution in [-0.4, -0.2) is 19.1 Å². The van der Waals surface area contributed by atoms with Crippen LogP contribution in [0.15, 0.2) is 30.3 Å². The molecule has 1 aromatic carbocycles. The lowest BCUT2D eigenvalue weighted by Gasteiger charge is -2.02. The summed E-state index contributed by atoms with van der Waals surface area (Å²) in [7, 11) is 0. The van der Waals surface area contributed by atoms with Crippen LogP contribution < -0.4 is 5.73 Å². The third kappa shape index (κ3) is 3.25. The van der Waals surface area contributed by atoms with E-state index in [-0.39, 0.29) is 5.97 Å². The van der Waals surface area contributed by atoms with Crippen molar-refractivity contribution in [3.8, 4) is 0 Å². The van der Waals surface area contributed by atoms with Gasteiger partial charge in [-0.1, -0.05) is 18.2 Å². The molecule has 3 nitrogen and oxygen atoms in total. The summed E-state index contributed by atoms with van der Waals surface area (Å²) in [6.45, 7) is 0.624. The zero-order valence-electron chi connectivity index (χ0n) is 7.32. The van der Waals surface area contributed by atoms with E-state index in [1.54, 1.807) is 24.3 Å². The van der Waals surface area contributed by atoms with E-state index in [0.29, 0.717) is 25.1 Å². The van der Waals surface area contributed by atoms with Crippen LogP contribution in [0, 0.1) is 0 Å². The molecule has 3 heteroatoms. The average Bonchev–Trinajstić information content (AvgIpc) is 2.19. The Bertz CT molecular complexity index is 259. The normalized spacial score (nSPS) is 9.62. The summed E-state index contributed by atoms with van der Waals surface area (Å²) >= 11 is 0. The summed E-state index contributed by atoms with van der Waals surface area (Å²) in [5.74, 6) is -0.311. The topological polar surface area (TPSA) is 50.1 Å². The minimum atomic E-state index is -0.311. The maximum absolute atomic E-state index is 11.2. The van der Waals surface area contributed by atoms with Gasteiger partial charge in [0.2, 0.25) is 0 Å². The van der Waals surface area contributed by atoms with E-state index in [2.05, 4.69) is 0 Å². The maximum atomic E-state index is 11.2. The molecule has 1 radical (unpaired) electrons. The van der Waals surface area contributed by atoms with Crippen LogP contribution in [0.25, 0.3) is 0 Å². The Morgan fingerprint density at radius 1 is 1.31 bits per heavy atom. The Morgan fingerprint density at radius 2 is 2.00 bits per heavy atom. The van der Waals surface area contributed by atoms with Crippen molar-refractivity contribution < 1.29 is 9.53 Å². The quantitative estimate of drug-likeness (QED) is 0.518. The van der Waals surface area contributed by atoms with Crippen LogP contribution >= 0.6 is 0 Å². The van der Waals surface area contributed by atoms with Gasteiger partial charge in [-0.15, -0.1) is 0 Å². The number of esters is 1. The average molecular weight is 178 g/mol. The fourth-order valence-electron chi connectivity index (χ4n) is 0.895. The largest absolute Gasteiger partial charge is 0.462 e. The third-order valence-corrected chi connectivity index (χ3v) is 1.56. The second-order valence-corrected chi connectivity index (χ2v) is 2.61. The second kappa shape index (κ2) is 5.32. The summed E-state index contributed by atoms with van der Waals surface area (Å²) in [4.78, 5) is 11.2. The Labute approximate surface area is 77.5 Å². The summed E-state index contributed by atoms with van der Waals surface area (Å²) in [5, 5.41) is 0. The molecule has 0 aliphatic heterocycles. The van der Waals surface area contributed by atoms with E-state index in [9.17, 15) is 4.79 Å². The first-order valence-corrected chi connectivity index (χ1v) is 4.21. The number of benzene rings is 1. The molecule has 0 fully saturated rings. The molecule has 0 saturated heterocycles. The Hall–Kier alpha value is -1.35. The van der Waals surface area contributed by atoms with Crippen LogP contribution in [-0.2, 0) is 4.74 Å². The molecule has 1 rings (SSSR count). The molecule has 0 unspecified atom stereocenters. The number of nitrogens with one attached hydrogen (secondary N) is 1. The Balaban J connectivity index is 2.40. The lowest BCUT2D eigenvalue weighted by Crippen LogP contribution is -2.07. The van der Waals surface area contributed by atoms with E-state index in [0.717, 1.165) is 0 Å². The van der Waals surface area contributed by atoms with Crippen molar-refractivity contribution >= 4 is 5.97 Å². The Kier molecular flexibility index (Phi) is 3.99. The summed E-state index contributed by atoms with van der Waals surface area (Å²) < 4.78 is 4.91. The number of carbonyl (C=O) groups excluding carboxylic acids is 1. The predicted molar refractivity (Wildman–Crippen MR) is 49.3 cm³/mol. The Morgan fingerprint density at radius 3 is 2.62 bits per heavy atom. The highest BCUT2D eigenvalue weighted by Gasteiger charge is 2.04. The number of hydrogen-bond donors (Lipinski definition) is 0. The highest BCUT2D eigenvalue weighted by molar-refractivity contribution is 5.89. The first kappa shape index (κ1) is 9.74. The van der Waals surface area contributed by atoms with Crippen LogP contribution in [0.3, 0.4) is 0 Å². The molecule has 0 aromatic heterocycles. The molecule has 0 spiro atoms. The third-order valence-electron chi connectivity index (χ3n) is 1.56. The van der Waals surface area contributed by atoms with Crippen LogP contribution in [0.5, 0.6) is 0 Å². The molecule has 1 N–H and O–H groups in total. The molecule has 0 saturated carbocycles. The fourth-order valence-corrected chi connectivity index (χ4v) is 0.895. The van der Waals surface area contributed by atoms with Gasteiger partial charge < -0.3 is 4.74 Å². The van der Waals surface area contributed by atoms with Gasteiger partial charge in [0.25, 0.3) is 0 Å².